The van der Waals surface area contributed by atoms with Crippen LogP contribution in [0.15, 0.2) is 24.3 Å². The van der Waals surface area contributed by atoms with Crippen LogP contribution in [-0.2, 0) is 16.8 Å². The molecule has 5 nitrogen and oxygen atoms in total. The molecule has 128 valence electrons. The molecule has 1 aromatic heterocycles. The Morgan fingerprint density at radius 1 is 1.33 bits per heavy atom. The minimum absolute atomic E-state index is 0.0477. The van der Waals surface area contributed by atoms with Crippen molar-refractivity contribution in [2.24, 2.45) is 5.41 Å². The van der Waals surface area contributed by atoms with Crippen LogP contribution in [0.3, 0.4) is 0 Å². The van der Waals surface area contributed by atoms with Crippen LogP contribution in [0.2, 0.25) is 0 Å². The number of aromatic nitrogens is 2. The van der Waals surface area contributed by atoms with Crippen LogP contribution in [0.1, 0.15) is 36.4 Å². The molecule has 0 saturated heterocycles. The van der Waals surface area contributed by atoms with Gasteiger partial charge in [0.05, 0.1) is 29.6 Å². The maximum absolute atomic E-state index is 13.3. The number of amides is 1. The quantitative estimate of drug-likeness (QED) is 0.835. The van der Waals surface area contributed by atoms with Gasteiger partial charge in [-0.3, -0.25) is 4.79 Å². The van der Waals surface area contributed by atoms with Crippen LogP contribution in [0.4, 0.5) is 0 Å². The predicted molar refractivity (Wildman–Crippen MR) is 94.2 cm³/mol. The van der Waals surface area contributed by atoms with E-state index in [0.717, 1.165) is 28.3 Å². The fourth-order valence-corrected chi connectivity index (χ4v) is 4.17. The largest absolute Gasteiger partial charge is 0.497 e. The summed E-state index contributed by atoms with van der Waals surface area (Å²) in [6.45, 7) is 6.79. The summed E-state index contributed by atoms with van der Waals surface area (Å²) in [4.78, 5) is 16.1. The van der Waals surface area contributed by atoms with Crippen LogP contribution in [0.25, 0.3) is 0 Å². The molecule has 1 fully saturated rings. The smallest absolute Gasteiger partial charge is 0.233 e. The average molecular weight is 345 g/mol. The Morgan fingerprint density at radius 3 is 2.42 bits per heavy atom. The van der Waals surface area contributed by atoms with Crippen molar-refractivity contribution in [3.05, 3.63) is 40.4 Å². The van der Waals surface area contributed by atoms with Crippen molar-refractivity contribution in [1.29, 1.82) is 0 Å². The minimum Gasteiger partial charge on any atom is -0.497 e. The first-order chi connectivity index (χ1) is 11.3. The van der Waals surface area contributed by atoms with Crippen molar-refractivity contribution < 1.29 is 9.53 Å². The highest BCUT2D eigenvalue weighted by Crippen LogP contribution is 2.65. The lowest BCUT2D eigenvalue weighted by molar-refractivity contribution is -0.134. The molecular weight excluding hydrogens is 322 g/mol. The first-order valence-corrected chi connectivity index (χ1v) is 8.77. The Balaban J connectivity index is 1.87. The van der Waals surface area contributed by atoms with Gasteiger partial charge in [-0.25, -0.2) is 0 Å². The van der Waals surface area contributed by atoms with Gasteiger partial charge in [0.2, 0.25) is 5.91 Å². The molecule has 0 unspecified atom stereocenters. The summed E-state index contributed by atoms with van der Waals surface area (Å²) in [6.07, 6.45) is 0.857. The fourth-order valence-electron chi connectivity index (χ4n) is 3.48. The number of likely N-dealkylation sites (N-methyl/N-ethyl adjacent to an activating group) is 1. The van der Waals surface area contributed by atoms with Gasteiger partial charge in [0.1, 0.15) is 5.75 Å². The zero-order valence-corrected chi connectivity index (χ0v) is 15.6. The van der Waals surface area contributed by atoms with E-state index >= 15 is 0 Å². The zero-order valence-electron chi connectivity index (χ0n) is 14.8. The van der Waals surface area contributed by atoms with Gasteiger partial charge in [-0.05, 0) is 48.0 Å². The second-order valence-electron chi connectivity index (χ2n) is 7.14. The second kappa shape index (κ2) is 5.84. The molecule has 1 aliphatic rings. The molecule has 1 heterocycles. The summed E-state index contributed by atoms with van der Waals surface area (Å²) in [5, 5.41) is 4.03. The summed E-state index contributed by atoms with van der Waals surface area (Å²) in [6, 6.07) is 7.88. The molecule has 1 aromatic carbocycles. The number of aryl methyl sites for hydroxylation is 1. The number of carbonyl (C=O) groups excluding carboxylic acids is 1. The van der Waals surface area contributed by atoms with Gasteiger partial charge in [0, 0.05) is 7.05 Å². The first kappa shape index (κ1) is 16.9. The number of rotatable bonds is 5. The van der Waals surface area contributed by atoms with E-state index in [0.29, 0.717) is 6.54 Å². The third kappa shape index (κ3) is 2.59. The number of carbonyl (C=O) groups is 1. The van der Waals surface area contributed by atoms with Gasteiger partial charge in [-0.2, -0.15) is 0 Å². The highest BCUT2D eigenvalue weighted by atomic mass is 32.1. The number of benzene rings is 1. The number of hydrogen-bond donors (Lipinski definition) is 0. The monoisotopic (exact) mass is 345 g/mol. The van der Waals surface area contributed by atoms with Crippen molar-refractivity contribution in [2.75, 3.05) is 14.2 Å². The molecule has 0 radical (unpaired) electrons. The molecule has 0 N–H and O–H groups in total. The van der Waals surface area contributed by atoms with E-state index in [2.05, 4.69) is 23.4 Å². The summed E-state index contributed by atoms with van der Waals surface area (Å²) in [7, 11) is 3.51. The van der Waals surface area contributed by atoms with Crippen molar-refractivity contribution in [3.8, 4) is 5.75 Å². The van der Waals surface area contributed by atoms with Crippen molar-refractivity contribution in [1.82, 2.24) is 14.5 Å². The third-order valence-corrected chi connectivity index (χ3v) is 5.97. The van der Waals surface area contributed by atoms with Crippen LogP contribution < -0.4 is 4.74 Å². The molecule has 2 aromatic rings. The first-order valence-electron chi connectivity index (χ1n) is 8.00. The van der Waals surface area contributed by atoms with Gasteiger partial charge in [-0.1, -0.05) is 30.5 Å². The van der Waals surface area contributed by atoms with Crippen LogP contribution in [-0.4, -0.2) is 34.6 Å². The standard InChI is InChI=1S/C18H23N3O2S/c1-12-15(24-20-19-12)10-21(4)16(22)18(11-17(18,2)3)13-6-8-14(23-5)9-7-13/h6-9H,10-11H2,1-5H3/t18-/m0/s1. The summed E-state index contributed by atoms with van der Waals surface area (Å²) in [5.74, 6) is 0.963. The van der Waals surface area contributed by atoms with Crippen LogP contribution in [0.5, 0.6) is 5.75 Å². The molecule has 6 heteroatoms. The van der Waals surface area contributed by atoms with E-state index < -0.39 is 5.41 Å². The van der Waals surface area contributed by atoms with E-state index in [1.165, 1.54) is 11.5 Å². The van der Waals surface area contributed by atoms with E-state index in [9.17, 15) is 4.79 Å². The molecule has 1 amide bonds. The summed E-state index contributed by atoms with van der Waals surface area (Å²) in [5.41, 5.74) is 1.45. The molecule has 0 spiro atoms. The average Bonchev–Trinajstić information content (AvgIpc) is 2.94. The lowest BCUT2D eigenvalue weighted by Gasteiger charge is -2.27. The Bertz CT molecular complexity index is 754. The molecular formula is C18H23N3O2S. The SMILES string of the molecule is COc1ccc([C@]2(C(=O)N(C)Cc3snnc3C)CC2(C)C)cc1. The lowest BCUT2D eigenvalue weighted by Crippen LogP contribution is -2.38. The summed E-state index contributed by atoms with van der Waals surface area (Å²) < 4.78 is 9.20. The molecule has 24 heavy (non-hydrogen) atoms. The van der Waals surface area contributed by atoms with Gasteiger partial charge in [0.15, 0.2) is 0 Å². The van der Waals surface area contributed by atoms with Gasteiger partial charge in [-0.15, -0.1) is 5.10 Å². The molecule has 1 atom stereocenters. The van der Waals surface area contributed by atoms with E-state index in [1.807, 2.05) is 38.2 Å². The Hall–Kier alpha value is -1.95. The number of ether oxygens (including phenoxy) is 1. The third-order valence-electron chi connectivity index (χ3n) is 5.16. The maximum atomic E-state index is 13.3. The Morgan fingerprint density at radius 2 is 1.96 bits per heavy atom. The maximum Gasteiger partial charge on any atom is 0.233 e. The van der Waals surface area contributed by atoms with E-state index in [4.69, 9.17) is 4.74 Å². The highest BCUT2D eigenvalue weighted by Gasteiger charge is 2.67. The fraction of sp³-hybridized carbons (Fsp3) is 0.500. The molecule has 3 rings (SSSR count). The number of hydrogen-bond acceptors (Lipinski definition) is 5. The van der Waals surface area contributed by atoms with Crippen molar-refractivity contribution in [2.45, 2.75) is 39.2 Å². The Kier molecular flexibility index (Phi) is 4.11. The zero-order chi connectivity index (χ0) is 17.5. The highest BCUT2D eigenvalue weighted by molar-refractivity contribution is 7.05. The van der Waals surface area contributed by atoms with Gasteiger partial charge in [0.25, 0.3) is 0 Å². The van der Waals surface area contributed by atoms with Crippen molar-refractivity contribution >= 4 is 17.4 Å². The lowest BCUT2D eigenvalue weighted by atomic mass is 9.86. The van der Waals surface area contributed by atoms with E-state index in [-0.39, 0.29) is 11.3 Å². The normalized spacial score (nSPS) is 21.4. The van der Waals surface area contributed by atoms with Gasteiger partial charge < -0.3 is 9.64 Å². The minimum atomic E-state index is -0.458. The molecule has 0 bridgehead atoms. The predicted octanol–water partition coefficient (Wildman–Crippen LogP) is 3.18. The Labute approximate surface area is 146 Å². The molecule has 1 aliphatic carbocycles. The molecule has 1 saturated carbocycles. The topological polar surface area (TPSA) is 55.3 Å². The van der Waals surface area contributed by atoms with E-state index in [1.54, 1.807) is 12.0 Å². The summed E-state index contributed by atoms with van der Waals surface area (Å²) >= 11 is 1.36. The van der Waals surface area contributed by atoms with Gasteiger partial charge >= 0.3 is 0 Å². The van der Waals surface area contributed by atoms with Crippen molar-refractivity contribution in [3.63, 3.8) is 0 Å². The second-order valence-corrected chi connectivity index (χ2v) is 7.98. The number of methoxy groups -OCH3 is 1. The van der Waals surface area contributed by atoms with Crippen LogP contribution in [0, 0.1) is 12.3 Å². The molecule has 0 aliphatic heterocycles. The number of nitrogens with zero attached hydrogens (tertiary/aromatic N) is 3. The van der Waals surface area contributed by atoms with Crippen LogP contribution >= 0.6 is 11.5 Å².